The summed E-state index contributed by atoms with van der Waals surface area (Å²) in [6, 6.07) is 0. The summed E-state index contributed by atoms with van der Waals surface area (Å²) >= 11 is 2.20. The largest absolute Gasteiger partial charge is 2.00 e. The Bertz CT molecular complexity index is 808. The average Bonchev–Trinajstić information content (AvgIpc) is 2.69. The molecule has 0 radical (unpaired) electrons. The molecule has 0 atom stereocenters. The summed E-state index contributed by atoms with van der Waals surface area (Å²) in [5, 5.41) is 86.0. The van der Waals surface area contributed by atoms with Gasteiger partial charge in [-0.2, -0.15) is 0 Å². The van der Waals surface area contributed by atoms with Crippen LogP contribution in [-0.4, -0.2) is 0 Å². The Kier molecular flexibility index (Phi) is 13.3. The van der Waals surface area contributed by atoms with Crippen molar-refractivity contribution in [3.8, 4) is 49.7 Å². The predicted molar refractivity (Wildman–Crippen MR) is 84.2 cm³/mol. The molecule has 0 N–H and O–H groups in total. The molecule has 17 heteroatoms. The summed E-state index contributed by atoms with van der Waals surface area (Å²) in [5.41, 5.74) is 0. The molecule has 0 aliphatic heterocycles. The number of halogens is 2. The Morgan fingerprint density at radius 3 is 0.407 bits per heavy atom. The molecule has 0 heterocycles. The zero-order valence-electron chi connectivity index (χ0n) is 13.1. The third-order valence-corrected chi connectivity index (χ3v) is 14.8. The van der Waals surface area contributed by atoms with E-state index in [1.54, 1.807) is 0 Å². The molecular formula is C10Fe2I2N10Zn3. The van der Waals surface area contributed by atoms with Crippen molar-refractivity contribution < 1.29 is 73.4 Å². The molecule has 0 aliphatic rings. The van der Waals surface area contributed by atoms with Crippen LogP contribution >= 0.6 is 40.7 Å². The van der Waals surface area contributed by atoms with Crippen LogP contribution in [0.25, 0.3) is 0 Å². The van der Waals surface area contributed by atoms with Crippen LogP contribution in [0.5, 0.6) is 0 Å². The Labute approximate surface area is 213 Å². The van der Waals surface area contributed by atoms with E-state index in [0.29, 0.717) is 0 Å². The van der Waals surface area contributed by atoms with Gasteiger partial charge in [-0.15, -0.1) is 0 Å². The fourth-order valence-corrected chi connectivity index (χ4v) is 1.46. The van der Waals surface area contributed by atoms with E-state index in [-0.39, 0.29) is 58.4 Å². The van der Waals surface area contributed by atoms with Crippen molar-refractivity contribution in [1.29, 1.82) is 52.6 Å². The summed E-state index contributed by atoms with van der Waals surface area (Å²) in [5.74, 6) is 0. The molecule has 0 saturated carbocycles. The van der Waals surface area contributed by atoms with Crippen LogP contribution in [0.4, 0.5) is 0 Å². The molecule has 0 bridgehead atoms. The van der Waals surface area contributed by atoms with Gasteiger partial charge in [0.2, 0.25) is 0 Å². The van der Waals surface area contributed by atoms with Gasteiger partial charge in [0.1, 0.15) is 0 Å². The summed E-state index contributed by atoms with van der Waals surface area (Å²) in [4.78, 5) is 12.9. The molecule has 0 aromatic rings. The second kappa shape index (κ2) is 9.65. The van der Waals surface area contributed by atoms with Gasteiger partial charge in [-0.3, -0.25) is 0 Å². The zero-order chi connectivity index (χ0) is 19.9. The molecule has 0 amide bonds. The van der Waals surface area contributed by atoms with Gasteiger partial charge in [0, 0.05) is 0 Å². The third-order valence-electron chi connectivity index (χ3n) is 1.88. The molecule has 0 unspecified atom stereocenters. The van der Waals surface area contributed by atoms with Gasteiger partial charge in [-0.25, -0.2) is 0 Å². The van der Waals surface area contributed by atoms with Crippen molar-refractivity contribution in [3.63, 3.8) is 0 Å². The van der Waals surface area contributed by atoms with E-state index in [1.165, 1.54) is 49.7 Å². The van der Waals surface area contributed by atoms with Gasteiger partial charge < -0.3 is 0 Å². The van der Waals surface area contributed by atoms with Crippen LogP contribution in [0.15, 0.2) is 0 Å². The van der Waals surface area contributed by atoms with Crippen molar-refractivity contribution >= 4 is 40.7 Å². The second-order valence-electron chi connectivity index (χ2n) is 3.23. The summed E-state index contributed by atoms with van der Waals surface area (Å²) < 4.78 is 0. The molecule has 27 heavy (non-hydrogen) atoms. The fourth-order valence-electron chi connectivity index (χ4n) is 0.354. The average molecular weight is 822 g/mol. The first-order valence-corrected chi connectivity index (χ1v) is 16.9. The molecule has 0 aliphatic carbocycles. The van der Waals surface area contributed by atoms with Crippen LogP contribution in [0.3, 0.4) is 0 Å². The van der Waals surface area contributed by atoms with Crippen LogP contribution < -0.4 is 0 Å². The second-order valence-corrected chi connectivity index (χ2v) is 29.0. The van der Waals surface area contributed by atoms with E-state index in [0.717, 1.165) is 40.7 Å². The Morgan fingerprint density at radius 2 is 0.407 bits per heavy atom. The zero-order valence-corrected chi connectivity index (χ0v) is 28.5. The van der Waals surface area contributed by atoms with Crippen LogP contribution in [0.1, 0.15) is 0 Å². The van der Waals surface area contributed by atoms with Crippen molar-refractivity contribution in [2.24, 2.45) is 0 Å². The molecule has 0 spiro atoms. The van der Waals surface area contributed by atoms with Crippen LogP contribution in [0, 0.1) is 102 Å². The Balaban J connectivity index is -0.000000108. The molecule has 0 saturated heterocycles. The Morgan fingerprint density at radius 1 is 0.333 bits per heavy atom. The van der Waals surface area contributed by atoms with E-state index >= 15 is 0 Å². The molecular weight excluding hydrogens is 822 g/mol. The Hall–Kier alpha value is -0.731. The summed E-state index contributed by atoms with van der Waals surface area (Å²) in [6.07, 6.45) is 0. The molecule has 126 valence electrons. The molecule has 0 rings (SSSR count). The van der Waals surface area contributed by atoms with Crippen molar-refractivity contribution in [2.45, 2.75) is 0 Å². The number of hydrogen-bond acceptors (Lipinski definition) is 10. The van der Waals surface area contributed by atoms with Gasteiger partial charge in [-0.05, 0) is 0 Å². The number of nitrogens with zero attached hydrogens (tertiary/aromatic N) is 10. The number of hydrogen-bond donors (Lipinski definition) is 0. The first-order chi connectivity index (χ1) is 10.8. The van der Waals surface area contributed by atoms with Crippen LogP contribution in [-0.2, 0) is 73.4 Å². The first kappa shape index (κ1) is 37.1. The van der Waals surface area contributed by atoms with E-state index in [2.05, 4.69) is 0 Å². The van der Waals surface area contributed by atoms with Gasteiger partial charge in [0.05, 0.1) is 0 Å². The minimum absolute atomic E-state index is 0. The summed E-state index contributed by atoms with van der Waals surface area (Å²) in [6.45, 7) is 0. The maximum atomic E-state index is 8.60. The molecule has 10 nitrogen and oxygen atoms in total. The first-order valence-electron chi connectivity index (χ1n) is 4.27. The quantitative estimate of drug-likeness (QED) is 0.254. The van der Waals surface area contributed by atoms with Crippen molar-refractivity contribution in [1.82, 2.24) is 0 Å². The number of rotatable bonds is 0. The fraction of sp³-hybridized carbons (Fsp3) is 0. The minimum atomic E-state index is -5.46. The minimum Gasteiger partial charge on any atom is 2.00 e. The monoisotopic (exact) mass is 817 g/mol. The van der Waals surface area contributed by atoms with E-state index in [4.69, 9.17) is 52.6 Å². The maximum absolute atomic E-state index is 8.60. The third kappa shape index (κ3) is 5.64. The van der Waals surface area contributed by atoms with Gasteiger partial charge in [0.25, 0.3) is 0 Å². The van der Waals surface area contributed by atoms with Crippen LogP contribution in [0.2, 0.25) is 0 Å². The topological polar surface area (TPSA) is 238 Å². The van der Waals surface area contributed by atoms with Gasteiger partial charge in [-0.1, -0.05) is 0 Å². The van der Waals surface area contributed by atoms with E-state index in [9.17, 15) is 0 Å². The molecule has 0 fully saturated rings. The standard InChI is InChI=1S/10CN.2Fe.2HI.3Zn/c10*1-2;;;;;;;/h;;;;;;;;;;;;2*1H;;;/q;;;;;;;;;;2*-2;;;3*+2/p-2. The predicted octanol–water partition coefficient (Wildman–Crippen LogP) is 1.93. The van der Waals surface area contributed by atoms with E-state index < -0.39 is 15.0 Å². The van der Waals surface area contributed by atoms with E-state index in [1.807, 2.05) is 0 Å². The SMILES string of the molecule is N#[C][Fe-3]([I])([C]#N)([C]#N)([C]#N)[C]#N.N#[C][Fe-3]([I])([C]#N)([C]#N)([C]#N)[C]#N.[Zn+2].[Zn+2].[Zn+2]. The normalized spacial score (nSPS) is 12.7. The smallest absolute Gasteiger partial charge is 2.00 e. The summed E-state index contributed by atoms with van der Waals surface area (Å²) in [7, 11) is -10.9. The van der Waals surface area contributed by atoms with Gasteiger partial charge >= 0.3 is 216 Å². The number of nitriles is 10. The van der Waals surface area contributed by atoms with Gasteiger partial charge in [0.15, 0.2) is 0 Å². The molecule has 0 aromatic heterocycles. The van der Waals surface area contributed by atoms with Crippen molar-refractivity contribution in [3.05, 3.63) is 0 Å². The molecule has 0 aromatic carbocycles. The van der Waals surface area contributed by atoms with Crippen molar-refractivity contribution in [2.75, 3.05) is 0 Å². The maximum Gasteiger partial charge on any atom is 2.00 e.